The zero-order valence-electron chi connectivity index (χ0n) is 12.1. The molecule has 104 valence electrons. The second-order valence-electron chi connectivity index (χ2n) is 5.68. The van der Waals surface area contributed by atoms with Crippen molar-refractivity contribution in [2.24, 2.45) is 5.73 Å². The Hall–Kier alpha value is -1.80. The fraction of sp³-hybridized carbons (Fsp3) is 0.333. The van der Waals surface area contributed by atoms with E-state index in [2.05, 4.69) is 44.2 Å². The molecule has 0 spiro atoms. The summed E-state index contributed by atoms with van der Waals surface area (Å²) in [6, 6.07) is 12.9. The molecule has 0 heterocycles. The van der Waals surface area contributed by atoms with Gasteiger partial charge < -0.3 is 10.5 Å². The number of nitrogens with two attached hydrogens (primary N) is 1. The smallest absolute Gasteiger partial charge is 0.123 e. The summed E-state index contributed by atoms with van der Waals surface area (Å²) < 4.78 is 6.02. The van der Waals surface area contributed by atoms with E-state index in [4.69, 9.17) is 10.5 Å². The number of aryl methyl sites for hydroxylation is 2. The maximum absolute atomic E-state index is 6.10. The van der Waals surface area contributed by atoms with Crippen LogP contribution in [0.5, 0.6) is 5.75 Å². The van der Waals surface area contributed by atoms with Crippen molar-refractivity contribution in [1.29, 1.82) is 0 Å². The van der Waals surface area contributed by atoms with E-state index >= 15 is 0 Å². The molecule has 0 saturated heterocycles. The van der Waals surface area contributed by atoms with Gasteiger partial charge in [-0.25, -0.2) is 0 Å². The minimum absolute atomic E-state index is 0.176. The highest BCUT2D eigenvalue weighted by atomic mass is 16.5. The summed E-state index contributed by atoms with van der Waals surface area (Å²) in [5.41, 5.74) is 12.5. The van der Waals surface area contributed by atoms with Crippen molar-refractivity contribution >= 4 is 0 Å². The molecule has 0 bridgehead atoms. The highest BCUT2D eigenvalue weighted by molar-refractivity contribution is 5.45. The minimum atomic E-state index is 0.176. The fourth-order valence-corrected chi connectivity index (χ4v) is 2.84. The molecule has 20 heavy (non-hydrogen) atoms. The van der Waals surface area contributed by atoms with Crippen molar-refractivity contribution in [1.82, 2.24) is 0 Å². The molecule has 1 aliphatic rings. The summed E-state index contributed by atoms with van der Waals surface area (Å²) in [4.78, 5) is 0. The Morgan fingerprint density at radius 1 is 1.15 bits per heavy atom. The maximum atomic E-state index is 6.10. The summed E-state index contributed by atoms with van der Waals surface area (Å²) >= 11 is 0. The van der Waals surface area contributed by atoms with Crippen LogP contribution in [0.15, 0.2) is 36.4 Å². The molecule has 0 amide bonds. The average Bonchev–Trinajstić information content (AvgIpc) is 2.83. The van der Waals surface area contributed by atoms with E-state index in [9.17, 15) is 0 Å². The molecule has 0 saturated carbocycles. The largest absolute Gasteiger partial charge is 0.489 e. The lowest BCUT2D eigenvalue weighted by molar-refractivity contribution is 0.303. The summed E-state index contributed by atoms with van der Waals surface area (Å²) in [7, 11) is 0. The third-order valence-corrected chi connectivity index (χ3v) is 4.24. The predicted octanol–water partition coefficient (Wildman–Crippen LogP) is 3.83. The lowest BCUT2D eigenvalue weighted by Gasteiger charge is -2.12. The van der Waals surface area contributed by atoms with Crippen molar-refractivity contribution in [2.45, 2.75) is 39.3 Å². The quantitative estimate of drug-likeness (QED) is 0.917. The zero-order valence-corrected chi connectivity index (χ0v) is 12.1. The third-order valence-electron chi connectivity index (χ3n) is 4.24. The molecular weight excluding hydrogens is 246 g/mol. The molecule has 2 heteroatoms. The van der Waals surface area contributed by atoms with Gasteiger partial charge in [0.25, 0.3) is 0 Å². The summed E-state index contributed by atoms with van der Waals surface area (Å²) in [6.07, 6.45) is 2.05. The first-order valence-electron chi connectivity index (χ1n) is 7.21. The topological polar surface area (TPSA) is 35.2 Å². The summed E-state index contributed by atoms with van der Waals surface area (Å²) in [5, 5.41) is 0. The highest BCUT2D eigenvalue weighted by Crippen LogP contribution is 2.35. The van der Waals surface area contributed by atoms with Crippen LogP contribution in [0.1, 0.15) is 40.3 Å². The molecule has 0 aliphatic heterocycles. The predicted molar refractivity (Wildman–Crippen MR) is 81.9 cm³/mol. The first kappa shape index (κ1) is 13.2. The molecule has 2 aromatic carbocycles. The number of benzene rings is 2. The van der Waals surface area contributed by atoms with Crippen molar-refractivity contribution in [3.05, 3.63) is 64.2 Å². The van der Waals surface area contributed by atoms with Gasteiger partial charge in [-0.15, -0.1) is 0 Å². The van der Waals surface area contributed by atoms with Crippen molar-refractivity contribution in [3.63, 3.8) is 0 Å². The van der Waals surface area contributed by atoms with Crippen LogP contribution in [0, 0.1) is 13.8 Å². The van der Waals surface area contributed by atoms with Crippen molar-refractivity contribution in [2.75, 3.05) is 0 Å². The van der Waals surface area contributed by atoms with Crippen LogP contribution in [0.2, 0.25) is 0 Å². The molecule has 0 aromatic heterocycles. The molecule has 1 unspecified atom stereocenters. The van der Waals surface area contributed by atoms with Crippen LogP contribution in [0.3, 0.4) is 0 Å². The first-order valence-corrected chi connectivity index (χ1v) is 7.21. The molecule has 0 radical (unpaired) electrons. The first-order chi connectivity index (χ1) is 9.65. The molecule has 1 atom stereocenters. The molecule has 2 N–H and O–H groups in total. The number of hydrogen-bond acceptors (Lipinski definition) is 2. The molecule has 1 aliphatic carbocycles. The number of ether oxygens (including phenoxy) is 1. The van der Waals surface area contributed by atoms with Crippen LogP contribution in [0.25, 0.3) is 0 Å². The second-order valence-corrected chi connectivity index (χ2v) is 5.68. The van der Waals surface area contributed by atoms with Gasteiger partial charge in [-0.2, -0.15) is 0 Å². The lowest BCUT2D eigenvalue weighted by atomic mass is 10.1. The van der Waals surface area contributed by atoms with Gasteiger partial charge in [-0.3, -0.25) is 0 Å². The fourth-order valence-electron chi connectivity index (χ4n) is 2.84. The Bertz CT molecular complexity index is 633. The van der Waals surface area contributed by atoms with Gasteiger partial charge >= 0.3 is 0 Å². The number of hydrogen-bond donors (Lipinski definition) is 1. The Kier molecular flexibility index (Phi) is 3.49. The van der Waals surface area contributed by atoms with Crippen LogP contribution < -0.4 is 10.5 Å². The Balaban J connectivity index is 1.77. The van der Waals surface area contributed by atoms with Gasteiger partial charge in [0, 0.05) is 6.04 Å². The average molecular weight is 267 g/mol. The summed E-state index contributed by atoms with van der Waals surface area (Å²) in [6.45, 7) is 4.89. The van der Waals surface area contributed by atoms with Gasteiger partial charge in [0.05, 0.1) is 0 Å². The van der Waals surface area contributed by atoms with E-state index in [1.165, 1.54) is 27.8 Å². The normalized spacial score (nSPS) is 17.1. The van der Waals surface area contributed by atoms with Gasteiger partial charge in [0.1, 0.15) is 12.4 Å². The second kappa shape index (κ2) is 5.29. The summed E-state index contributed by atoms with van der Waals surface area (Å²) in [5.74, 6) is 0.994. The molecular formula is C18H21NO. The van der Waals surface area contributed by atoms with Crippen LogP contribution in [0.4, 0.5) is 0 Å². The molecule has 3 rings (SSSR count). The Morgan fingerprint density at radius 3 is 2.80 bits per heavy atom. The third kappa shape index (κ3) is 2.44. The highest BCUT2D eigenvalue weighted by Gasteiger charge is 2.21. The van der Waals surface area contributed by atoms with E-state index in [0.29, 0.717) is 6.61 Å². The van der Waals surface area contributed by atoms with E-state index in [-0.39, 0.29) is 6.04 Å². The van der Waals surface area contributed by atoms with Gasteiger partial charge in [-0.05, 0) is 60.6 Å². The van der Waals surface area contributed by atoms with Gasteiger partial charge in [0.2, 0.25) is 0 Å². The van der Waals surface area contributed by atoms with Crippen LogP contribution in [-0.4, -0.2) is 0 Å². The van der Waals surface area contributed by atoms with Crippen molar-refractivity contribution < 1.29 is 4.74 Å². The van der Waals surface area contributed by atoms with E-state index in [0.717, 1.165) is 18.6 Å². The minimum Gasteiger partial charge on any atom is -0.489 e. The Labute approximate surface area is 120 Å². The SMILES string of the molecule is Cc1ccc(COc2cccc3c2CCC3N)cc1C. The van der Waals surface area contributed by atoms with Gasteiger partial charge in [-0.1, -0.05) is 30.3 Å². The Morgan fingerprint density at radius 2 is 2.00 bits per heavy atom. The van der Waals surface area contributed by atoms with E-state index in [1.807, 2.05) is 6.07 Å². The molecule has 2 aromatic rings. The van der Waals surface area contributed by atoms with Gasteiger partial charge in [0.15, 0.2) is 0 Å². The maximum Gasteiger partial charge on any atom is 0.123 e. The van der Waals surface area contributed by atoms with Crippen LogP contribution in [-0.2, 0) is 13.0 Å². The number of fused-ring (bicyclic) bond motifs is 1. The van der Waals surface area contributed by atoms with Crippen LogP contribution >= 0.6 is 0 Å². The molecule has 0 fully saturated rings. The number of rotatable bonds is 3. The van der Waals surface area contributed by atoms with E-state index < -0.39 is 0 Å². The lowest BCUT2D eigenvalue weighted by Crippen LogP contribution is -2.05. The monoisotopic (exact) mass is 267 g/mol. The standard InChI is InChI=1S/C18H21NO/c1-12-6-7-14(10-13(12)2)11-20-18-5-3-4-15-16(18)8-9-17(15)19/h3-7,10,17H,8-9,11,19H2,1-2H3. The zero-order chi connectivity index (χ0) is 14.1. The molecule has 2 nitrogen and oxygen atoms in total. The van der Waals surface area contributed by atoms with Crippen molar-refractivity contribution in [3.8, 4) is 5.75 Å². The van der Waals surface area contributed by atoms with E-state index in [1.54, 1.807) is 0 Å².